The summed E-state index contributed by atoms with van der Waals surface area (Å²) in [6.45, 7) is 0. The van der Waals surface area contributed by atoms with Gasteiger partial charge in [0, 0.05) is 12.1 Å². The first-order valence-corrected chi connectivity index (χ1v) is 8.37. The van der Waals surface area contributed by atoms with Gasteiger partial charge in [0.25, 0.3) is 5.69 Å². The van der Waals surface area contributed by atoms with E-state index in [1.165, 1.54) is 36.4 Å². The van der Waals surface area contributed by atoms with Gasteiger partial charge in [-0.15, -0.1) is 0 Å². The molecule has 0 fully saturated rings. The highest BCUT2D eigenvalue weighted by Crippen LogP contribution is 2.31. The molecule has 2 aromatic carbocycles. The highest BCUT2D eigenvalue weighted by molar-refractivity contribution is 7.91. The van der Waals surface area contributed by atoms with Crippen LogP contribution in [0.5, 0.6) is 0 Å². The molecule has 0 spiro atoms. The molecule has 0 unspecified atom stereocenters. The number of nitrogens with one attached hydrogen (secondary N) is 1. The fourth-order valence-electron chi connectivity index (χ4n) is 1.72. The second-order valence-corrected chi connectivity index (χ2v) is 6.92. The van der Waals surface area contributed by atoms with Gasteiger partial charge in [-0.2, -0.15) is 0 Å². The van der Waals surface area contributed by atoms with Crippen molar-refractivity contribution < 1.29 is 13.3 Å². The molecule has 2 aromatic rings. The topological polar surface area (TPSA) is 89.3 Å². The van der Waals surface area contributed by atoms with Crippen molar-refractivity contribution >= 4 is 44.6 Å². The minimum Gasteiger partial charge on any atom is -0.280 e. The molecule has 0 bridgehead atoms. The molecule has 6 nitrogen and oxygen atoms in total. The number of sulfonamides is 1. The van der Waals surface area contributed by atoms with E-state index in [1.807, 2.05) is 0 Å². The molecule has 9 heteroatoms. The van der Waals surface area contributed by atoms with Gasteiger partial charge in [0.1, 0.15) is 0 Å². The number of hydrogen-bond donors (Lipinski definition) is 1. The molecule has 2 rings (SSSR count). The number of halogens is 2. The normalized spacial score (nSPS) is 11.2. The highest BCUT2D eigenvalue weighted by atomic mass is 35.5. The number of hydrogen-bond acceptors (Lipinski definition) is 4. The summed E-state index contributed by atoms with van der Waals surface area (Å²) in [5.41, 5.74) is 0.400. The zero-order valence-electron chi connectivity index (χ0n) is 11.0. The monoisotopic (exact) mass is 360 g/mol. The molecule has 0 heterocycles. The minimum absolute atomic E-state index is 0.104. The van der Waals surface area contributed by atoms with Crippen molar-refractivity contribution in [2.24, 2.45) is 0 Å². The predicted molar refractivity (Wildman–Crippen MR) is 85.8 cm³/mol. The molecular formula is C13H10Cl2N2O4S. The zero-order chi connectivity index (χ0) is 16.3. The fourth-order valence-corrected chi connectivity index (χ4v) is 3.56. The Bertz CT molecular complexity index is 787. The maximum absolute atomic E-state index is 12.1. The summed E-state index contributed by atoms with van der Waals surface area (Å²) < 4.78 is 26.6. The van der Waals surface area contributed by atoms with Gasteiger partial charge in [0.2, 0.25) is 10.0 Å². The van der Waals surface area contributed by atoms with Gasteiger partial charge < -0.3 is 0 Å². The Morgan fingerprint density at radius 2 is 1.59 bits per heavy atom. The Morgan fingerprint density at radius 1 is 1.05 bits per heavy atom. The van der Waals surface area contributed by atoms with Gasteiger partial charge in [0.05, 0.1) is 26.4 Å². The van der Waals surface area contributed by atoms with Crippen LogP contribution in [0.25, 0.3) is 0 Å². The maximum Gasteiger partial charge on any atom is 0.269 e. The molecule has 0 atom stereocenters. The van der Waals surface area contributed by atoms with Crippen molar-refractivity contribution in [1.29, 1.82) is 0 Å². The van der Waals surface area contributed by atoms with Crippen LogP contribution in [0.2, 0.25) is 10.0 Å². The third-order valence-corrected chi connectivity index (χ3v) is 4.58. The van der Waals surface area contributed by atoms with Crippen LogP contribution in [-0.4, -0.2) is 13.3 Å². The number of non-ortho nitro benzene ring substituents is 1. The van der Waals surface area contributed by atoms with E-state index >= 15 is 0 Å². The van der Waals surface area contributed by atoms with E-state index in [1.54, 1.807) is 6.07 Å². The van der Waals surface area contributed by atoms with Crippen LogP contribution in [0.15, 0.2) is 42.5 Å². The number of rotatable bonds is 5. The first kappa shape index (κ1) is 16.5. The van der Waals surface area contributed by atoms with Crippen molar-refractivity contribution in [2.75, 3.05) is 4.72 Å². The van der Waals surface area contributed by atoms with Crippen molar-refractivity contribution in [3.63, 3.8) is 0 Å². The Kier molecular flexibility index (Phi) is 4.90. The first-order valence-electron chi connectivity index (χ1n) is 5.96. The van der Waals surface area contributed by atoms with Crippen molar-refractivity contribution in [2.45, 2.75) is 5.75 Å². The molecule has 0 radical (unpaired) electrons. The van der Waals surface area contributed by atoms with Crippen molar-refractivity contribution in [1.82, 2.24) is 0 Å². The van der Waals surface area contributed by atoms with Crippen molar-refractivity contribution in [3.05, 3.63) is 68.2 Å². The molecule has 0 saturated heterocycles. The van der Waals surface area contributed by atoms with Crippen LogP contribution >= 0.6 is 23.2 Å². The second kappa shape index (κ2) is 6.51. The van der Waals surface area contributed by atoms with Crippen LogP contribution in [-0.2, 0) is 15.8 Å². The smallest absolute Gasteiger partial charge is 0.269 e. The van der Waals surface area contributed by atoms with Gasteiger partial charge in [-0.1, -0.05) is 41.4 Å². The van der Waals surface area contributed by atoms with E-state index in [4.69, 9.17) is 23.2 Å². The SMILES string of the molecule is O=[N+]([O-])c1ccc(CS(=O)(=O)Nc2c(Cl)cccc2Cl)cc1. The third kappa shape index (κ3) is 4.09. The van der Waals surface area contributed by atoms with E-state index in [9.17, 15) is 18.5 Å². The molecule has 0 saturated carbocycles. The Morgan fingerprint density at radius 3 is 2.09 bits per heavy atom. The maximum atomic E-state index is 12.1. The van der Waals surface area contributed by atoms with Gasteiger partial charge in [-0.05, 0) is 17.7 Å². The van der Waals surface area contributed by atoms with E-state index < -0.39 is 14.9 Å². The van der Waals surface area contributed by atoms with Crippen LogP contribution in [0.4, 0.5) is 11.4 Å². The third-order valence-electron chi connectivity index (χ3n) is 2.72. The standard InChI is InChI=1S/C13H10Cl2N2O4S/c14-11-2-1-3-12(15)13(11)16-22(20,21)8-9-4-6-10(7-5-9)17(18)19/h1-7,16H,8H2. The molecule has 0 aliphatic carbocycles. The molecular weight excluding hydrogens is 351 g/mol. The second-order valence-electron chi connectivity index (χ2n) is 4.38. The summed E-state index contributed by atoms with van der Waals surface area (Å²) in [5.74, 6) is -0.355. The number of nitro benzene ring substituents is 1. The zero-order valence-corrected chi connectivity index (χ0v) is 13.3. The summed E-state index contributed by atoms with van der Waals surface area (Å²) in [6, 6.07) is 9.87. The van der Waals surface area contributed by atoms with Crippen LogP contribution in [0.1, 0.15) is 5.56 Å². The van der Waals surface area contributed by atoms with E-state index in [0.29, 0.717) is 5.56 Å². The quantitative estimate of drug-likeness (QED) is 0.647. The van der Waals surface area contributed by atoms with Gasteiger partial charge >= 0.3 is 0 Å². The van der Waals surface area contributed by atoms with Gasteiger partial charge in [-0.25, -0.2) is 8.42 Å². The first-order chi connectivity index (χ1) is 10.3. The average molecular weight is 361 g/mol. The van der Waals surface area contributed by atoms with Crippen molar-refractivity contribution in [3.8, 4) is 0 Å². The predicted octanol–water partition coefficient (Wildman–Crippen LogP) is 3.84. The van der Waals surface area contributed by atoms with Crippen LogP contribution in [0, 0.1) is 10.1 Å². The average Bonchev–Trinajstić information content (AvgIpc) is 2.43. The van der Waals surface area contributed by atoms with Crippen LogP contribution in [0.3, 0.4) is 0 Å². The highest BCUT2D eigenvalue weighted by Gasteiger charge is 2.16. The molecule has 0 amide bonds. The lowest BCUT2D eigenvalue weighted by molar-refractivity contribution is -0.384. The lowest BCUT2D eigenvalue weighted by Crippen LogP contribution is -2.15. The minimum atomic E-state index is -3.75. The van der Waals surface area contributed by atoms with E-state index in [2.05, 4.69) is 4.72 Å². The van der Waals surface area contributed by atoms with Gasteiger partial charge in [0.15, 0.2) is 0 Å². The molecule has 0 aliphatic heterocycles. The largest absolute Gasteiger partial charge is 0.280 e. The van der Waals surface area contributed by atoms with E-state index in [0.717, 1.165) is 0 Å². The summed E-state index contributed by atoms with van der Waals surface area (Å²) in [5, 5.41) is 10.9. The molecule has 116 valence electrons. The fraction of sp³-hybridized carbons (Fsp3) is 0.0769. The summed E-state index contributed by atoms with van der Waals surface area (Å²) >= 11 is 11.8. The number of nitro groups is 1. The summed E-state index contributed by atoms with van der Waals surface area (Å²) in [7, 11) is -3.75. The number of benzene rings is 2. The molecule has 0 aromatic heterocycles. The summed E-state index contributed by atoms with van der Waals surface area (Å²) in [4.78, 5) is 10.0. The van der Waals surface area contributed by atoms with Gasteiger partial charge in [-0.3, -0.25) is 14.8 Å². The number of para-hydroxylation sites is 1. The molecule has 0 aliphatic rings. The molecule has 1 N–H and O–H groups in total. The Balaban J connectivity index is 2.19. The number of nitrogens with zero attached hydrogens (tertiary/aromatic N) is 1. The van der Waals surface area contributed by atoms with Crippen LogP contribution < -0.4 is 4.72 Å². The number of anilines is 1. The lowest BCUT2D eigenvalue weighted by Gasteiger charge is -2.11. The Hall–Kier alpha value is -1.83. The van der Waals surface area contributed by atoms with E-state index in [-0.39, 0.29) is 27.2 Å². The lowest BCUT2D eigenvalue weighted by atomic mass is 10.2. The Labute approximate surface area is 136 Å². The summed E-state index contributed by atoms with van der Waals surface area (Å²) in [6.07, 6.45) is 0. The molecule has 22 heavy (non-hydrogen) atoms.